The summed E-state index contributed by atoms with van der Waals surface area (Å²) >= 11 is 0. The van der Waals surface area contributed by atoms with Crippen LogP contribution in [0.1, 0.15) is 23.5 Å². The molecule has 1 aromatic rings. The highest BCUT2D eigenvalue weighted by Crippen LogP contribution is 2.29. The molecular weight excluding hydrogens is 162 g/mol. The van der Waals surface area contributed by atoms with Gasteiger partial charge in [-0.05, 0) is 43.0 Å². The molecule has 0 radical (unpaired) electrons. The summed E-state index contributed by atoms with van der Waals surface area (Å²) in [5.41, 5.74) is 2.33. The van der Waals surface area contributed by atoms with Gasteiger partial charge in [0.1, 0.15) is 5.75 Å². The molecule has 0 aromatic heterocycles. The first-order chi connectivity index (χ1) is 6.29. The Morgan fingerprint density at radius 1 is 1.46 bits per heavy atom. The van der Waals surface area contributed by atoms with Gasteiger partial charge >= 0.3 is 0 Å². The van der Waals surface area contributed by atoms with Gasteiger partial charge in [-0.2, -0.15) is 0 Å². The lowest BCUT2D eigenvalue weighted by Gasteiger charge is -2.12. The number of phenolic OH excluding ortho intramolecular Hbond substituents is 1. The van der Waals surface area contributed by atoms with Crippen molar-refractivity contribution in [3.8, 4) is 5.75 Å². The normalized spacial score (nSPS) is 22.1. The molecule has 1 heterocycles. The van der Waals surface area contributed by atoms with Gasteiger partial charge < -0.3 is 10.4 Å². The maximum Gasteiger partial charge on any atom is 0.118 e. The molecule has 0 saturated carbocycles. The second-order valence-corrected chi connectivity index (χ2v) is 3.68. The fraction of sp³-hybridized carbons (Fsp3) is 0.455. The molecule has 2 N–H and O–H groups in total. The third-order valence-corrected chi connectivity index (χ3v) is 2.85. The Kier molecular flexibility index (Phi) is 2.23. The quantitative estimate of drug-likeness (QED) is 0.685. The molecular formula is C11H15NO. The van der Waals surface area contributed by atoms with E-state index in [1.54, 1.807) is 6.07 Å². The third-order valence-electron chi connectivity index (χ3n) is 2.85. The molecule has 0 amide bonds. The summed E-state index contributed by atoms with van der Waals surface area (Å²) in [5, 5.41) is 12.9. The van der Waals surface area contributed by atoms with E-state index in [1.165, 1.54) is 12.0 Å². The lowest BCUT2D eigenvalue weighted by Crippen LogP contribution is -2.08. The standard InChI is InChI=1S/C11H15NO/c1-8-10(3-2-4-11(8)13)9-5-6-12-7-9/h2-4,9,12-13H,5-7H2,1H3/t9-/m1/s1. The third kappa shape index (κ3) is 1.54. The van der Waals surface area contributed by atoms with Crippen LogP contribution in [-0.2, 0) is 0 Å². The van der Waals surface area contributed by atoms with E-state index in [9.17, 15) is 5.11 Å². The fourth-order valence-electron chi connectivity index (χ4n) is 2.00. The van der Waals surface area contributed by atoms with Gasteiger partial charge in [0.05, 0.1) is 0 Å². The zero-order valence-electron chi connectivity index (χ0n) is 7.88. The fourth-order valence-corrected chi connectivity index (χ4v) is 2.00. The van der Waals surface area contributed by atoms with Crippen molar-refractivity contribution < 1.29 is 5.11 Å². The molecule has 2 heteroatoms. The van der Waals surface area contributed by atoms with Crippen LogP contribution in [0.25, 0.3) is 0 Å². The predicted molar refractivity (Wildman–Crippen MR) is 53.1 cm³/mol. The van der Waals surface area contributed by atoms with E-state index in [2.05, 4.69) is 11.4 Å². The van der Waals surface area contributed by atoms with Crippen LogP contribution in [0.15, 0.2) is 18.2 Å². The molecule has 0 aliphatic carbocycles. The zero-order chi connectivity index (χ0) is 9.26. The van der Waals surface area contributed by atoms with Crippen LogP contribution in [0, 0.1) is 6.92 Å². The maximum absolute atomic E-state index is 9.54. The first-order valence-corrected chi connectivity index (χ1v) is 4.78. The number of hydrogen-bond donors (Lipinski definition) is 2. The van der Waals surface area contributed by atoms with Crippen LogP contribution in [0.4, 0.5) is 0 Å². The van der Waals surface area contributed by atoms with Crippen molar-refractivity contribution in [1.82, 2.24) is 5.32 Å². The zero-order valence-corrected chi connectivity index (χ0v) is 7.88. The van der Waals surface area contributed by atoms with Crippen molar-refractivity contribution in [2.24, 2.45) is 0 Å². The van der Waals surface area contributed by atoms with Crippen LogP contribution in [0.3, 0.4) is 0 Å². The van der Waals surface area contributed by atoms with Gasteiger partial charge in [-0.25, -0.2) is 0 Å². The van der Waals surface area contributed by atoms with Gasteiger partial charge in [0, 0.05) is 6.54 Å². The maximum atomic E-state index is 9.54. The predicted octanol–water partition coefficient (Wildman–Crippen LogP) is 1.78. The molecule has 13 heavy (non-hydrogen) atoms. The molecule has 1 fully saturated rings. The van der Waals surface area contributed by atoms with Crippen LogP contribution >= 0.6 is 0 Å². The van der Waals surface area contributed by atoms with E-state index >= 15 is 0 Å². The van der Waals surface area contributed by atoms with Gasteiger partial charge in [0.15, 0.2) is 0 Å². The van der Waals surface area contributed by atoms with Crippen molar-refractivity contribution in [3.05, 3.63) is 29.3 Å². The van der Waals surface area contributed by atoms with Crippen molar-refractivity contribution >= 4 is 0 Å². The van der Waals surface area contributed by atoms with Crippen molar-refractivity contribution in [1.29, 1.82) is 0 Å². The Hall–Kier alpha value is -1.02. The molecule has 0 unspecified atom stereocenters. The van der Waals surface area contributed by atoms with Crippen LogP contribution < -0.4 is 5.32 Å². The Labute approximate surface area is 78.6 Å². The molecule has 1 aliphatic rings. The second-order valence-electron chi connectivity index (χ2n) is 3.68. The summed E-state index contributed by atoms with van der Waals surface area (Å²) in [6.07, 6.45) is 1.18. The smallest absolute Gasteiger partial charge is 0.118 e. The number of phenols is 1. The average Bonchev–Trinajstić information content (AvgIpc) is 2.62. The topological polar surface area (TPSA) is 32.3 Å². The Morgan fingerprint density at radius 2 is 2.31 bits per heavy atom. The van der Waals surface area contributed by atoms with Crippen molar-refractivity contribution in [3.63, 3.8) is 0 Å². The molecule has 1 atom stereocenters. The minimum atomic E-state index is 0.421. The number of benzene rings is 1. The van der Waals surface area contributed by atoms with E-state index in [-0.39, 0.29) is 0 Å². The van der Waals surface area contributed by atoms with Crippen molar-refractivity contribution in [2.75, 3.05) is 13.1 Å². The Balaban J connectivity index is 2.33. The number of rotatable bonds is 1. The van der Waals surface area contributed by atoms with E-state index < -0.39 is 0 Å². The highest BCUT2D eigenvalue weighted by Gasteiger charge is 2.18. The summed E-state index contributed by atoms with van der Waals surface area (Å²) in [6, 6.07) is 5.80. The van der Waals surface area contributed by atoms with Gasteiger partial charge in [0.25, 0.3) is 0 Å². The van der Waals surface area contributed by atoms with Gasteiger partial charge in [0.2, 0.25) is 0 Å². The Morgan fingerprint density at radius 3 is 3.00 bits per heavy atom. The van der Waals surface area contributed by atoms with Gasteiger partial charge in [-0.15, -0.1) is 0 Å². The molecule has 2 nitrogen and oxygen atoms in total. The average molecular weight is 177 g/mol. The monoisotopic (exact) mass is 177 g/mol. The highest BCUT2D eigenvalue weighted by atomic mass is 16.3. The minimum Gasteiger partial charge on any atom is -0.508 e. The summed E-state index contributed by atoms with van der Waals surface area (Å²) < 4.78 is 0. The first-order valence-electron chi connectivity index (χ1n) is 4.78. The molecule has 1 aliphatic heterocycles. The van der Waals surface area contributed by atoms with E-state index in [4.69, 9.17) is 0 Å². The molecule has 1 aromatic carbocycles. The van der Waals surface area contributed by atoms with Crippen LogP contribution in [-0.4, -0.2) is 18.2 Å². The SMILES string of the molecule is Cc1c(O)cccc1[C@@H]1CCNC1. The number of hydrogen-bond acceptors (Lipinski definition) is 2. The van der Waals surface area contributed by atoms with Gasteiger partial charge in [-0.3, -0.25) is 0 Å². The summed E-state index contributed by atoms with van der Waals surface area (Å²) in [5.74, 6) is 1.01. The Bertz CT molecular complexity index is 303. The lowest BCUT2D eigenvalue weighted by atomic mass is 9.94. The minimum absolute atomic E-state index is 0.421. The molecule has 70 valence electrons. The highest BCUT2D eigenvalue weighted by molar-refractivity contribution is 5.40. The molecule has 0 spiro atoms. The summed E-state index contributed by atoms with van der Waals surface area (Å²) in [7, 11) is 0. The van der Waals surface area contributed by atoms with E-state index in [0.717, 1.165) is 18.7 Å². The van der Waals surface area contributed by atoms with Gasteiger partial charge in [-0.1, -0.05) is 12.1 Å². The van der Waals surface area contributed by atoms with E-state index in [0.29, 0.717) is 11.7 Å². The van der Waals surface area contributed by atoms with Crippen molar-refractivity contribution in [2.45, 2.75) is 19.3 Å². The molecule has 0 bridgehead atoms. The van der Waals surface area contributed by atoms with Crippen LogP contribution in [0.5, 0.6) is 5.75 Å². The molecule has 2 rings (SSSR count). The molecule has 1 saturated heterocycles. The number of aromatic hydroxyl groups is 1. The largest absolute Gasteiger partial charge is 0.508 e. The summed E-state index contributed by atoms with van der Waals surface area (Å²) in [4.78, 5) is 0. The van der Waals surface area contributed by atoms with Crippen LogP contribution in [0.2, 0.25) is 0 Å². The van der Waals surface area contributed by atoms with E-state index in [1.807, 2.05) is 13.0 Å². The number of nitrogens with one attached hydrogen (secondary N) is 1. The second kappa shape index (κ2) is 3.38. The lowest BCUT2D eigenvalue weighted by molar-refractivity contribution is 0.469. The summed E-state index contributed by atoms with van der Waals surface area (Å²) in [6.45, 7) is 4.13. The first kappa shape index (κ1) is 8.57.